The molecule has 1 unspecified atom stereocenters. The van der Waals surface area contributed by atoms with Crippen molar-refractivity contribution in [3.8, 4) is 0 Å². The summed E-state index contributed by atoms with van der Waals surface area (Å²) >= 11 is 12.1. The van der Waals surface area contributed by atoms with Gasteiger partial charge < -0.3 is 10.4 Å². The number of nitrogens with one attached hydrogen (secondary N) is 1. The molecule has 0 saturated heterocycles. The molecule has 1 aromatic carbocycles. The minimum Gasteiger partial charge on any atom is -0.387 e. The van der Waals surface area contributed by atoms with Crippen molar-refractivity contribution in [2.45, 2.75) is 49.7 Å². The molecule has 1 fully saturated rings. The minimum absolute atomic E-state index is 0.0727. The molecule has 1 aliphatic carbocycles. The third kappa shape index (κ3) is 4.87. The predicted octanol–water partition coefficient (Wildman–Crippen LogP) is 5.52. The molecule has 3 rings (SSSR count). The number of carbonyl (C=O) groups excluding carboxylic acids is 1. The summed E-state index contributed by atoms with van der Waals surface area (Å²) < 4.78 is 52.0. The fourth-order valence-electron chi connectivity index (χ4n) is 3.55. The van der Waals surface area contributed by atoms with Gasteiger partial charge in [0.05, 0.1) is 17.2 Å². The van der Waals surface area contributed by atoms with Crippen molar-refractivity contribution in [1.82, 2.24) is 10.3 Å². The predicted molar refractivity (Wildman–Crippen MR) is 104 cm³/mol. The molecular formula is C20H18Cl2F4N2O2. The highest BCUT2D eigenvalue weighted by Gasteiger charge is 2.43. The molecule has 30 heavy (non-hydrogen) atoms. The van der Waals surface area contributed by atoms with Gasteiger partial charge in [-0.2, -0.15) is 13.2 Å². The topological polar surface area (TPSA) is 62.2 Å². The second-order valence-corrected chi connectivity index (χ2v) is 8.00. The van der Waals surface area contributed by atoms with Crippen LogP contribution in [0.4, 0.5) is 17.6 Å². The molecule has 1 heterocycles. The van der Waals surface area contributed by atoms with Gasteiger partial charge in [0.15, 0.2) is 0 Å². The van der Waals surface area contributed by atoms with Crippen molar-refractivity contribution < 1.29 is 27.5 Å². The van der Waals surface area contributed by atoms with Crippen molar-refractivity contribution in [3.05, 3.63) is 63.4 Å². The summed E-state index contributed by atoms with van der Waals surface area (Å²) in [6.07, 6.45) is -5.40. The number of hydrogen-bond donors (Lipinski definition) is 2. The van der Waals surface area contributed by atoms with Gasteiger partial charge in [0.25, 0.3) is 5.91 Å². The van der Waals surface area contributed by atoms with Crippen LogP contribution in [0.25, 0.3) is 0 Å². The molecule has 1 aromatic heterocycles. The molecule has 2 aromatic rings. The van der Waals surface area contributed by atoms with Crippen molar-refractivity contribution >= 4 is 29.1 Å². The fraction of sp³-hybridized carbons (Fsp3) is 0.400. The van der Waals surface area contributed by atoms with Gasteiger partial charge in [-0.15, -0.1) is 0 Å². The standard InChI is InChI=1S/C20H18Cl2F4N2O2/c21-14-4-2-1-3-12(14)16(19(30)9-7-11(23)8-10-19)28-18(29)13-5-6-15(20(24,25)26)27-17(13)22/h1-6,11,16,30H,7-10H2,(H,28,29). The van der Waals surface area contributed by atoms with Crippen molar-refractivity contribution in [1.29, 1.82) is 0 Å². The highest BCUT2D eigenvalue weighted by molar-refractivity contribution is 6.32. The molecule has 0 bridgehead atoms. The van der Waals surface area contributed by atoms with E-state index in [9.17, 15) is 27.5 Å². The van der Waals surface area contributed by atoms with Gasteiger partial charge in [-0.3, -0.25) is 4.79 Å². The molecule has 0 radical (unpaired) electrons. The molecule has 1 amide bonds. The zero-order valence-electron chi connectivity index (χ0n) is 15.5. The first-order chi connectivity index (χ1) is 14.0. The van der Waals surface area contributed by atoms with E-state index in [-0.39, 0.29) is 36.3 Å². The number of aliphatic hydroxyl groups is 1. The van der Waals surface area contributed by atoms with Gasteiger partial charge in [0.2, 0.25) is 0 Å². The number of amides is 1. The number of carbonyl (C=O) groups is 1. The van der Waals surface area contributed by atoms with E-state index < -0.39 is 40.7 Å². The molecule has 2 N–H and O–H groups in total. The average Bonchev–Trinajstić information content (AvgIpc) is 2.68. The van der Waals surface area contributed by atoms with Crippen LogP contribution < -0.4 is 5.32 Å². The fourth-order valence-corrected chi connectivity index (χ4v) is 4.04. The van der Waals surface area contributed by atoms with Gasteiger partial charge >= 0.3 is 6.18 Å². The first-order valence-corrected chi connectivity index (χ1v) is 9.92. The average molecular weight is 465 g/mol. The van der Waals surface area contributed by atoms with Crippen LogP contribution in [-0.4, -0.2) is 27.8 Å². The highest BCUT2D eigenvalue weighted by Crippen LogP contribution is 2.41. The Bertz CT molecular complexity index is 931. The Hall–Kier alpha value is -1.90. The van der Waals surface area contributed by atoms with E-state index in [0.29, 0.717) is 11.6 Å². The number of alkyl halides is 4. The Morgan fingerprint density at radius 1 is 1.17 bits per heavy atom. The van der Waals surface area contributed by atoms with Crippen LogP contribution in [0.15, 0.2) is 36.4 Å². The number of aromatic nitrogens is 1. The minimum atomic E-state index is -4.71. The highest BCUT2D eigenvalue weighted by atomic mass is 35.5. The summed E-state index contributed by atoms with van der Waals surface area (Å²) in [5.41, 5.74) is -2.60. The molecule has 10 heteroatoms. The third-order valence-corrected chi connectivity index (χ3v) is 5.83. The maximum absolute atomic E-state index is 13.6. The lowest BCUT2D eigenvalue weighted by Crippen LogP contribution is -2.48. The van der Waals surface area contributed by atoms with Gasteiger partial charge in [0, 0.05) is 5.02 Å². The summed E-state index contributed by atoms with van der Waals surface area (Å²) in [6.45, 7) is 0. The van der Waals surface area contributed by atoms with Crippen molar-refractivity contribution in [2.75, 3.05) is 0 Å². The van der Waals surface area contributed by atoms with E-state index in [2.05, 4.69) is 10.3 Å². The monoisotopic (exact) mass is 464 g/mol. The molecule has 0 spiro atoms. The van der Waals surface area contributed by atoms with Crippen molar-refractivity contribution in [3.63, 3.8) is 0 Å². The zero-order valence-corrected chi connectivity index (χ0v) is 17.0. The maximum Gasteiger partial charge on any atom is 0.433 e. The number of pyridine rings is 1. The molecule has 0 aliphatic heterocycles. The Morgan fingerprint density at radius 2 is 1.80 bits per heavy atom. The second kappa shape index (κ2) is 8.69. The SMILES string of the molecule is O=C(NC(c1ccccc1Cl)C1(O)CCC(F)CC1)c1ccc(C(F)(F)F)nc1Cl. The van der Waals surface area contributed by atoms with Crippen LogP contribution in [-0.2, 0) is 6.18 Å². The molecule has 162 valence electrons. The normalized spacial score (nSPS) is 23.1. The summed E-state index contributed by atoms with van der Waals surface area (Å²) in [7, 11) is 0. The molecule has 4 nitrogen and oxygen atoms in total. The van der Waals surface area contributed by atoms with E-state index in [0.717, 1.165) is 6.07 Å². The van der Waals surface area contributed by atoms with Gasteiger partial charge in [-0.1, -0.05) is 41.4 Å². The van der Waals surface area contributed by atoms with Crippen molar-refractivity contribution in [2.24, 2.45) is 0 Å². The first-order valence-electron chi connectivity index (χ1n) is 9.17. The number of halogens is 6. The molecule has 1 saturated carbocycles. The summed E-state index contributed by atoms with van der Waals surface area (Å²) in [5.74, 6) is -0.832. The smallest absolute Gasteiger partial charge is 0.387 e. The van der Waals surface area contributed by atoms with E-state index in [1.807, 2.05) is 0 Å². The maximum atomic E-state index is 13.6. The van der Waals surface area contributed by atoms with Gasteiger partial charge in [-0.25, -0.2) is 9.37 Å². The number of benzene rings is 1. The zero-order chi connectivity index (χ0) is 22.1. The Morgan fingerprint density at radius 3 is 2.37 bits per heavy atom. The summed E-state index contributed by atoms with van der Waals surface area (Å²) in [6, 6.07) is 7.06. The summed E-state index contributed by atoms with van der Waals surface area (Å²) in [5, 5.41) is 13.5. The Kier molecular flexibility index (Phi) is 6.60. The van der Waals surface area contributed by atoms with Crippen LogP contribution in [0.3, 0.4) is 0 Å². The van der Waals surface area contributed by atoms with Crippen LogP contribution in [0.2, 0.25) is 10.2 Å². The number of rotatable bonds is 4. The van der Waals surface area contributed by atoms with Crippen LogP contribution in [0.5, 0.6) is 0 Å². The largest absolute Gasteiger partial charge is 0.433 e. The first kappa shape index (κ1) is 22.8. The third-order valence-electron chi connectivity index (χ3n) is 5.19. The van der Waals surface area contributed by atoms with Gasteiger partial charge in [0.1, 0.15) is 17.0 Å². The van der Waals surface area contributed by atoms with E-state index in [4.69, 9.17) is 23.2 Å². The lowest BCUT2D eigenvalue weighted by atomic mass is 9.76. The van der Waals surface area contributed by atoms with Crippen LogP contribution in [0, 0.1) is 0 Å². The van der Waals surface area contributed by atoms with E-state index >= 15 is 0 Å². The van der Waals surface area contributed by atoms with E-state index in [1.165, 1.54) is 0 Å². The lowest BCUT2D eigenvalue weighted by Gasteiger charge is -2.41. The quantitative estimate of drug-likeness (QED) is 0.462. The molecular weight excluding hydrogens is 447 g/mol. The second-order valence-electron chi connectivity index (χ2n) is 7.24. The molecule has 1 aliphatic rings. The summed E-state index contributed by atoms with van der Waals surface area (Å²) in [4.78, 5) is 16.1. The van der Waals surface area contributed by atoms with Crippen LogP contribution in [0.1, 0.15) is 53.3 Å². The Balaban J connectivity index is 1.94. The van der Waals surface area contributed by atoms with Crippen LogP contribution >= 0.6 is 23.2 Å². The van der Waals surface area contributed by atoms with Gasteiger partial charge in [-0.05, 0) is 49.4 Å². The molecule has 1 atom stereocenters. The van der Waals surface area contributed by atoms with E-state index in [1.54, 1.807) is 24.3 Å². The Labute approximate surface area is 180 Å². The number of hydrogen-bond acceptors (Lipinski definition) is 3. The number of nitrogens with zero attached hydrogens (tertiary/aromatic N) is 1. The lowest BCUT2D eigenvalue weighted by molar-refractivity contribution is -0.141.